The Kier molecular flexibility index (Phi) is 4.74. The number of nitrogens with one attached hydrogen (secondary N) is 3. The summed E-state index contributed by atoms with van der Waals surface area (Å²) in [4.78, 5) is 23.2. The number of carbonyl (C=O) groups is 2. The van der Waals surface area contributed by atoms with Crippen molar-refractivity contribution in [3.05, 3.63) is 23.8 Å². The van der Waals surface area contributed by atoms with Crippen molar-refractivity contribution >= 4 is 23.2 Å². The second kappa shape index (κ2) is 6.52. The largest absolute Gasteiger partial charge is 0.326 e. The molecule has 2 amide bonds. The van der Waals surface area contributed by atoms with Gasteiger partial charge in [-0.2, -0.15) is 0 Å². The first-order valence-corrected chi connectivity index (χ1v) is 6.96. The van der Waals surface area contributed by atoms with E-state index in [1.54, 1.807) is 0 Å². The number of benzene rings is 1. The van der Waals surface area contributed by atoms with Crippen LogP contribution in [0.1, 0.15) is 25.3 Å². The lowest BCUT2D eigenvalue weighted by Gasteiger charge is -2.22. The van der Waals surface area contributed by atoms with Gasteiger partial charge in [-0.05, 0) is 56.6 Å². The van der Waals surface area contributed by atoms with Crippen molar-refractivity contribution in [2.75, 3.05) is 23.7 Å². The van der Waals surface area contributed by atoms with Crippen LogP contribution < -0.4 is 16.0 Å². The molecule has 0 atom stereocenters. The highest BCUT2D eigenvalue weighted by molar-refractivity contribution is 5.94. The van der Waals surface area contributed by atoms with Crippen molar-refractivity contribution in [1.82, 2.24) is 5.32 Å². The Labute approximate surface area is 119 Å². The quantitative estimate of drug-likeness (QED) is 0.789. The fraction of sp³-hybridized carbons (Fsp3) is 0.467. The van der Waals surface area contributed by atoms with Crippen molar-refractivity contribution in [2.24, 2.45) is 5.92 Å². The summed E-state index contributed by atoms with van der Waals surface area (Å²) >= 11 is 0. The summed E-state index contributed by atoms with van der Waals surface area (Å²) in [5, 5.41) is 8.96. The molecule has 5 nitrogen and oxygen atoms in total. The van der Waals surface area contributed by atoms with E-state index >= 15 is 0 Å². The third-order valence-electron chi connectivity index (χ3n) is 3.51. The molecule has 5 heteroatoms. The molecule has 0 bridgehead atoms. The van der Waals surface area contributed by atoms with Crippen molar-refractivity contribution < 1.29 is 9.59 Å². The molecule has 1 aromatic rings. The number of aryl methyl sites for hydroxylation is 1. The molecule has 2 rings (SSSR count). The number of hydrogen-bond acceptors (Lipinski definition) is 3. The van der Waals surface area contributed by atoms with Crippen LogP contribution in [-0.2, 0) is 9.59 Å². The average molecular weight is 275 g/mol. The van der Waals surface area contributed by atoms with Crippen LogP contribution in [0.2, 0.25) is 0 Å². The van der Waals surface area contributed by atoms with E-state index in [1.165, 1.54) is 6.92 Å². The van der Waals surface area contributed by atoms with Crippen LogP contribution in [-0.4, -0.2) is 24.9 Å². The maximum atomic E-state index is 12.1. The maximum Gasteiger partial charge on any atom is 0.227 e. The SMILES string of the molecule is CC(=O)Nc1ccc(NC(=O)C2CCNCC2)cc1C. The molecule has 0 unspecified atom stereocenters. The summed E-state index contributed by atoms with van der Waals surface area (Å²) in [5.41, 5.74) is 2.49. The van der Waals surface area contributed by atoms with Gasteiger partial charge in [0.25, 0.3) is 0 Å². The zero-order valence-corrected chi connectivity index (χ0v) is 12.0. The monoisotopic (exact) mass is 275 g/mol. The number of hydrogen-bond donors (Lipinski definition) is 3. The van der Waals surface area contributed by atoms with Crippen LogP contribution in [0.3, 0.4) is 0 Å². The fourth-order valence-corrected chi connectivity index (χ4v) is 2.40. The summed E-state index contributed by atoms with van der Waals surface area (Å²) in [6, 6.07) is 5.51. The standard InChI is InChI=1S/C15H21N3O2/c1-10-9-13(3-4-14(10)17-11(2)19)18-15(20)12-5-7-16-8-6-12/h3-4,9,12,16H,5-8H2,1-2H3,(H,17,19)(H,18,20). The molecule has 1 aliphatic heterocycles. The minimum absolute atomic E-state index is 0.0816. The lowest BCUT2D eigenvalue weighted by atomic mass is 9.97. The van der Waals surface area contributed by atoms with E-state index in [-0.39, 0.29) is 17.7 Å². The Balaban J connectivity index is 2.00. The van der Waals surface area contributed by atoms with Gasteiger partial charge in [-0.3, -0.25) is 9.59 Å². The van der Waals surface area contributed by atoms with Crippen LogP contribution in [0, 0.1) is 12.8 Å². The van der Waals surface area contributed by atoms with Crippen molar-refractivity contribution in [2.45, 2.75) is 26.7 Å². The van der Waals surface area contributed by atoms with Gasteiger partial charge >= 0.3 is 0 Å². The van der Waals surface area contributed by atoms with Gasteiger partial charge in [0.15, 0.2) is 0 Å². The highest BCUT2D eigenvalue weighted by atomic mass is 16.2. The van der Waals surface area contributed by atoms with Crippen molar-refractivity contribution in [1.29, 1.82) is 0 Å². The normalized spacial score (nSPS) is 15.7. The number of rotatable bonds is 3. The zero-order valence-electron chi connectivity index (χ0n) is 12.0. The summed E-state index contributed by atoms with van der Waals surface area (Å²) in [6.45, 7) is 5.19. The number of amides is 2. The van der Waals surface area contributed by atoms with E-state index in [1.807, 2.05) is 25.1 Å². The van der Waals surface area contributed by atoms with Gasteiger partial charge in [-0.1, -0.05) is 0 Å². The smallest absolute Gasteiger partial charge is 0.227 e. The highest BCUT2D eigenvalue weighted by Gasteiger charge is 2.20. The third kappa shape index (κ3) is 3.81. The summed E-state index contributed by atoms with van der Waals surface area (Å²) in [5.74, 6) is 0.0735. The lowest BCUT2D eigenvalue weighted by molar-refractivity contribution is -0.120. The average Bonchev–Trinajstić information content (AvgIpc) is 2.42. The molecule has 1 heterocycles. The highest BCUT2D eigenvalue weighted by Crippen LogP contribution is 2.21. The van der Waals surface area contributed by atoms with Crippen molar-refractivity contribution in [3.8, 4) is 0 Å². The first-order chi connectivity index (χ1) is 9.56. The Morgan fingerprint density at radius 2 is 1.90 bits per heavy atom. The summed E-state index contributed by atoms with van der Waals surface area (Å²) in [7, 11) is 0. The Morgan fingerprint density at radius 1 is 1.20 bits per heavy atom. The third-order valence-corrected chi connectivity index (χ3v) is 3.51. The maximum absolute atomic E-state index is 12.1. The van der Waals surface area contributed by atoms with Gasteiger partial charge in [-0.15, -0.1) is 0 Å². The summed E-state index contributed by atoms with van der Waals surface area (Å²) in [6.07, 6.45) is 1.77. The molecule has 20 heavy (non-hydrogen) atoms. The molecule has 3 N–H and O–H groups in total. The van der Waals surface area contributed by atoms with Crippen molar-refractivity contribution in [3.63, 3.8) is 0 Å². The zero-order chi connectivity index (χ0) is 14.5. The van der Waals surface area contributed by atoms with E-state index in [0.717, 1.165) is 42.9 Å². The van der Waals surface area contributed by atoms with E-state index in [9.17, 15) is 9.59 Å². The van der Waals surface area contributed by atoms with Gasteiger partial charge in [-0.25, -0.2) is 0 Å². The Morgan fingerprint density at radius 3 is 2.50 bits per heavy atom. The predicted molar refractivity (Wildman–Crippen MR) is 79.7 cm³/mol. The molecule has 1 fully saturated rings. The molecule has 0 aromatic heterocycles. The van der Waals surface area contributed by atoms with E-state index in [4.69, 9.17) is 0 Å². The van der Waals surface area contributed by atoms with Crippen LogP contribution in [0.5, 0.6) is 0 Å². The molecule has 1 saturated heterocycles. The van der Waals surface area contributed by atoms with Crippen LogP contribution in [0.4, 0.5) is 11.4 Å². The molecular weight excluding hydrogens is 254 g/mol. The Bertz CT molecular complexity index is 508. The van der Waals surface area contributed by atoms with E-state index < -0.39 is 0 Å². The van der Waals surface area contributed by atoms with Gasteiger partial charge in [0.05, 0.1) is 0 Å². The predicted octanol–water partition coefficient (Wildman–Crippen LogP) is 1.89. The molecular formula is C15H21N3O2. The van der Waals surface area contributed by atoms with Crippen LogP contribution in [0.15, 0.2) is 18.2 Å². The molecule has 0 spiro atoms. The Hall–Kier alpha value is -1.88. The fourth-order valence-electron chi connectivity index (χ4n) is 2.40. The molecule has 0 aliphatic carbocycles. The number of piperidine rings is 1. The van der Waals surface area contributed by atoms with E-state index in [0.29, 0.717) is 0 Å². The molecule has 1 aliphatic rings. The number of anilines is 2. The van der Waals surface area contributed by atoms with Crippen LogP contribution in [0.25, 0.3) is 0 Å². The second-order valence-corrected chi connectivity index (χ2v) is 5.22. The van der Waals surface area contributed by atoms with Gasteiger partial charge in [0.2, 0.25) is 11.8 Å². The lowest BCUT2D eigenvalue weighted by Crippen LogP contribution is -2.34. The minimum Gasteiger partial charge on any atom is -0.326 e. The molecule has 0 saturated carbocycles. The minimum atomic E-state index is -0.0976. The summed E-state index contributed by atoms with van der Waals surface area (Å²) < 4.78 is 0. The van der Waals surface area contributed by atoms with Gasteiger partial charge in [0.1, 0.15) is 0 Å². The second-order valence-electron chi connectivity index (χ2n) is 5.22. The topological polar surface area (TPSA) is 70.2 Å². The molecule has 1 aromatic carbocycles. The first-order valence-electron chi connectivity index (χ1n) is 6.96. The number of carbonyl (C=O) groups excluding carboxylic acids is 2. The molecule has 0 radical (unpaired) electrons. The van der Waals surface area contributed by atoms with Crippen LogP contribution >= 0.6 is 0 Å². The van der Waals surface area contributed by atoms with Gasteiger partial charge < -0.3 is 16.0 Å². The van der Waals surface area contributed by atoms with E-state index in [2.05, 4.69) is 16.0 Å². The van der Waals surface area contributed by atoms with Gasteiger partial charge in [0, 0.05) is 24.2 Å². The molecule has 108 valence electrons. The first kappa shape index (κ1) is 14.5.